The van der Waals surface area contributed by atoms with E-state index in [1.54, 1.807) is 0 Å². The van der Waals surface area contributed by atoms with E-state index in [1.807, 2.05) is 0 Å². The van der Waals surface area contributed by atoms with Crippen LogP contribution < -0.4 is 10.6 Å². The average molecular weight is 266 g/mol. The van der Waals surface area contributed by atoms with Crippen molar-refractivity contribution in [2.75, 3.05) is 23.0 Å². The Morgan fingerprint density at radius 2 is 0.875 bits per heavy atom. The van der Waals surface area contributed by atoms with Crippen LogP contribution in [0.4, 0.5) is 0 Å². The van der Waals surface area contributed by atoms with Crippen molar-refractivity contribution in [3.8, 4) is 0 Å². The minimum Gasteiger partial charge on any atom is -0.306 e. The second-order valence-electron chi connectivity index (χ2n) is 4.91. The molecule has 16 heavy (non-hydrogen) atoms. The molecular formula is C8H14N2O4S2. The van der Waals surface area contributed by atoms with E-state index in [4.69, 9.17) is 0 Å². The zero-order valence-corrected chi connectivity index (χ0v) is 10.2. The van der Waals surface area contributed by atoms with Crippen LogP contribution in [0.15, 0.2) is 0 Å². The molecule has 4 atom stereocenters. The fraction of sp³-hybridized carbons (Fsp3) is 1.00. The van der Waals surface area contributed by atoms with Crippen LogP contribution in [0.5, 0.6) is 0 Å². The quantitative estimate of drug-likeness (QED) is 0.504. The van der Waals surface area contributed by atoms with Gasteiger partial charge in [0.25, 0.3) is 0 Å². The van der Waals surface area contributed by atoms with Gasteiger partial charge in [0.15, 0.2) is 19.7 Å². The lowest BCUT2D eigenvalue weighted by atomic mass is 10.0. The van der Waals surface area contributed by atoms with Gasteiger partial charge in [0, 0.05) is 24.2 Å². The summed E-state index contributed by atoms with van der Waals surface area (Å²) >= 11 is 0. The Hall–Kier alpha value is -0.180. The van der Waals surface area contributed by atoms with Gasteiger partial charge >= 0.3 is 0 Å². The molecule has 0 amide bonds. The summed E-state index contributed by atoms with van der Waals surface area (Å²) in [5.74, 6) is 0.476. The molecule has 3 heterocycles. The van der Waals surface area contributed by atoms with Gasteiger partial charge in [-0.1, -0.05) is 0 Å². The number of hydrogen-bond acceptors (Lipinski definition) is 6. The van der Waals surface area contributed by atoms with E-state index < -0.39 is 19.7 Å². The van der Waals surface area contributed by atoms with Gasteiger partial charge in [0.05, 0.1) is 23.0 Å². The first kappa shape index (κ1) is 10.9. The topological polar surface area (TPSA) is 92.3 Å². The third-order valence-corrected chi connectivity index (χ3v) is 7.03. The number of fused-ring (bicyclic) bond motifs is 2. The summed E-state index contributed by atoms with van der Waals surface area (Å²) in [5.41, 5.74) is 0. The second kappa shape index (κ2) is 3.18. The first-order valence-corrected chi connectivity index (χ1v) is 8.92. The highest BCUT2D eigenvalue weighted by molar-refractivity contribution is 7.92. The maximum atomic E-state index is 11.4. The van der Waals surface area contributed by atoms with Crippen LogP contribution in [0.1, 0.15) is 0 Å². The van der Waals surface area contributed by atoms with Gasteiger partial charge in [-0.2, -0.15) is 0 Å². The second-order valence-corrected chi connectivity index (χ2v) is 9.22. The highest BCUT2D eigenvalue weighted by Crippen LogP contribution is 2.23. The molecule has 3 fully saturated rings. The van der Waals surface area contributed by atoms with Crippen molar-refractivity contribution in [3.05, 3.63) is 0 Å². The van der Waals surface area contributed by atoms with Crippen LogP contribution in [-0.4, -0.2) is 64.0 Å². The standard InChI is InChI=1S/C8H14N2O4S2/c11-15(12)1-5-6(2-15)10-8-4-16(13,14)3-7(8)9-5/h5-10H,1-4H2/t5-,6-,7-,8+/m1/s1. The number of sulfone groups is 2. The molecule has 3 rings (SSSR count). The van der Waals surface area contributed by atoms with Gasteiger partial charge in [-0.15, -0.1) is 0 Å². The van der Waals surface area contributed by atoms with E-state index in [9.17, 15) is 16.8 Å². The minimum absolute atomic E-state index is 0.119. The number of nitrogens with one attached hydrogen (secondary N) is 2. The Labute approximate surface area is 94.6 Å². The van der Waals surface area contributed by atoms with Crippen molar-refractivity contribution in [3.63, 3.8) is 0 Å². The Morgan fingerprint density at radius 1 is 0.625 bits per heavy atom. The monoisotopic (exact) mass is 266 g/mol. The minimum atomic E-state index is -2.96. The molecule has 0 aromatic heterocycles. The summed E-state index contributed by atoms with van der Waals surface area (Å²) in [6, 6.07) is -0.502. The molecule has 0 spiro atoms. The van der Waals surface area contributed by atoms with E-state index >= 15 is 0 Å². The Morgan fingerprint density at radius 3 is 1.12 bits per heavy atom. The van der Waals surface area contributed by atoms with Crippen LogP contribution in [0, 0.1) is 0 Å². The van der Waals surface area contributed by atoms with Gasteiger partial charge in [0.1, 0.15) is 0 Å². The summed E-state index contributed by atoms with van der Waals surface area (Å²) in [4.78, 5) is 0. The zero-order chi connectivity index (χ0) is 11.6. The number of piperazine rings is 1. The molecule has 0 bridgehead atoms. The van der Waals surface area contributed by atoms with Crippen LogP contribution in [0.2, 0.25) is 0 Å². The molecule has 6 nitrogen and oxygen atoms in total. The number of rotatable bonds is 0. The van der Waals surface area contributed by atoms with Crippen molar-refractivity contribution in [2.45, 2.75) is 24.2 Å². The molecular weight excluding hydrogens is 252 g/mol. The molecule has 92 valence electrons. The number of hydrogen-bond donors (Lipinski definition) is 2. The van der Waals surface area contributed by atoms with E-state index in [-0.39, 0.29) is 47.2 Å². The highest BCUT2D eigenvalue weighted by atomic mass is 32.2. The predicted octanol–water partition coefficient (Wildman–Crippen LogP) is -2.49. The summed E-state index contributed by atoms with van der Waals surface area (Å²) in [6.07, 6.45) is 0. The molecule has 0 unspecified atom stereocenters. The third kappa shape index (κ3) is 1.77. The van der Waals surface area contributed by atoms with Crippen molar-refractivity contribution in [1.82, 2.24) is 10.6 Å². The fourth-order valence-electron chi connectivity index (χ4n) is 2.90. The van der Waals surface area contributed by atoms with E-state index in [1.165, 1.54) is 0 Å². The fourth-order valence-corrected chi connectivity index (χ4v) is 6.68. The molecule has 0 aliphatic carbocycles. The molecule has 0 aromatic carbocycles. The summed E-state index contributed by atoms with van der Waals surface area (Å²) in [5, 5.41) is 6.34. The summed E-state index contributed by atoms with van der Waals surface area (Å²) < 4.78 is 45.8. The van der Waals surface area contributed by atoms with Gasteiger partial charge in [0.2, 0.25) is 0 Å². The van der Waals surface area contributed by atoms with Crippen LogP contribution in [0.3, 0.4) is 0 Å². The smallest absolute Gasteiger partial charge is 0.153 e. The van der Waals surface area contributed by atoms with Crippen molar-refractivity contribution in [1.29, 1.82) is 0 Å². The molecule has 2 N–H and O–H groups in total. The lowest BCUT2D eigenvalue weighted by molar-refractivity contribution is 0.276. The van der Waals surface area contributed by atoms with E-state index in [0.29, 0.717) is 0 Å². The van der Waals surface area contributed by atoms with Gasteiger partial charge in [-0.3, -0.25) is 0 Å². The molecule has 0 aromatic rings. The largest absolute Gasteiger partial charge is 0.306 e. The normalized spacial score (nSPS) is 48.5. The maximum Gasteiger partial charge on any atom is 0.153 e. The van der Waals surface area contributed by atoms with Gasteiger partial charge in [-0.25, -0.2) is 16.8 Å². The van der Waals surface area contributed by atoms with Crippen LogP contribution >= 0.6 is 0 Å². The van der Waals surface area contributed by atoms with Gasteiger partial charge in [-0.05, 0) is 0 Å². The van der Waals surface area contributed by atoms with Crippen molar-refractivity contribution >= 4 is 19.7 Å². The lowest BCUT2D eigenvalue weighted by Gasteiger charge is -2.35. The van der Waals surface area contributed by atoms with Crippen LogP contribution in [-0.2, 0) is 19.7 Å². The summed E-state index contributed by atoms with van der Waals surface area (Å²) in [6.45, 7) is 0. The average Bonchev–Trinajstić information content (AvgIpc) is 2.51. The molecule has 3 aliphatic heterocycles. The summed E-state index contributed by atoms with van der Waals surface area (Å²) in [7, 11) is -5.93. The predicted molar refractivity (Wildman–Crippen MR) is 58.7 cm³/mol. The van der Waals surface area contributed by atoms with Crippen molar-refractivity contribution < 1.29 is 16.8 Å². The van der Waals surface area contributed by atoms with Crippen molar-refractivity contribution in [2.24, 2.45) is 0 Å². The van der Waals surface area contributed by atoms with E-state index in [0.717, 1.165) is 0 Å². The highest BCUT2D eigenvalue weighted by Gasteiger charge is 2.49. The molecule has 8 heteroatoms. The Kier molecular flexibility index (Phi) is 2.18. The molecule has 3 saturated heterocycles. The Bertz CT molecular complexity index is 432. The lowest BCUT2D eigenvalue weighted by Crippen LogP contribution is -2.65. The third-order valence-electron chi connectivity index (χ3n) is 3.56. The first-order chi connectivity index (χ1) is 7.35. The first-order valence-electron chi connectivity index (χ1n) is 5.28. The van der Waals surface area contributed by atoms with E-state index in [2.05, 4.69) is 10.6 Å². The zero-order valence-electron chi connectivity index (χ0n) is 8.59. The molecule has 0 radical (unpaired) electrons. The molecule has 0 saturated carbocycles. The van der Waals surface area contributed by atoms with Gasteiger partial charge < -0.3 is 10.6 Å². The Balaban J connectivity index is 1.83. The maximum absolute atomic E-state index is 11.4. The SMILES string of the molecule is O=S1(=O)C[C@@H]2N[C@@H]3CS(=O)(=O)C[C@H]3N[C@@H]2C1. The van der Waals surface area contributed by atoms with Crippen LogP contribution in [0.25, 0.3) is 0 Å². The molecule has 3 aliphatic rings.